The number of aromatic nitrogens is 2. The van der Waals surface area contributed by atoms with Crippen molar-refractivity contribution in [3.63, 3.8) is 0 Å². The van der Waals surface area contributed by atoms with Gasteiger partial charge >= 0.3 is 0 Å². The lowest BCUT2D eigenvalue weighted by atomic mass is 10.1. The molecule has 0 saturated carbocycles. The molecule has 0 aromatic carbocycles. The van der Waals surface area contributed by atoms with Gasteiger partial charge in [0.2, 0.25) is 5.91 Å². The molecule has 2 heterocycles. The fraction of sp³-hybridized carbons (Fsp3) is 0.750. The zero-order valence-electron chi connectivity index (χ0n) is 14.8. The van der Waals surface area contributed by atoms with Crippen LogP contribution in [0.15, 0.2) is 12.3 Å². The monoisotopic (exact) mass is 324 g/mol. The number of nitrogens with zero attached hydrogens (tertiary/aromatic N) is 4. The maximum absolute atomic E-state index is 11.6. The third-order valence-electron chi connectivity index (χ3n) is 3.89. The number of ether oxygens (including phenoxy) is 2. The molecule has 23 heavy (non-hydrogen) atoms. The van der Waals surface area contributed by atoms with Crippen LogP contribution in [0, 0.1) is 0 Å². The van der Waals surface area contributed by atoms with Crippen LogP contribution in [0.3, 0.4) is 0 Å². The molecule has 130 valence electrons. The van der Waals surface area contributed by atoms with Gasteiger partial charge in [-0.1, -0.05) is 0 Å². The average molecular weight is 324 g/mol. The summed E-state index contributed by atoms with van der Waals surface area (Å²) >= 11 is 0. The van der Waals surface area contributed by atoms with Crippen molar-refractivity contribution >= 4 is 5.91 Å². The van der Waals surface area contributed by atoms with Crippen LogP contribution in [-0.2, 0) is 27.9 Å². The standard InChI is InChI=1S/C16H28N4O3/c1-16(2)12-20(8-13-6-7-17-19(13)5)9-14(23-16)10-22-11-15(21)18(3)4/h6-7,14H,8-12H2,1-5H3/t14-/m1/s1. The van der Waals surface area contributed by atoms with Crippen LogP contribution in [0.2, 0.25) is 0 Å². The molecule has 1 amide bonds. The lowest BCUT2D eigenvalue weighted by Gasteiger charge is -2.42. The second-order valence-corrected chi connectivity index (χ2v) is 6.92. The highest BCUT2D eigenvalue weighted by Crippen LogP contribution is 2.22. The highest BCUT2D eigenvalue weighted by atomic mass is 16.5. The lowest BCUT2D eigenvalue weighted by Crippen LogP contribution is -2.53. The molecule has 0 N–H and O–H groups in total. The summed E-state index contributed by atoms with van der Waals surface area (Å²) < 4.78 is 13.5. The summed E-state index contributed by atoms with van der Waals surface area (Å²) in [6, 6.07) is 2.03. The Morgan fingerprint density at radius 3 is 2.87 bits per heavy atom. The normalized spacial score (nSPS) is 21.3. The van der Waals surface area contributed by atoms with Gasteiger partial charge in [0.1, 0.15) is 6.61 Å². The van der Waals surface area contributed by atoms with E-state index in [1.54, 1.807) is 14.1 Å². The molecule has 1 atom stereocenters. The Labute approximate surface area is 138 Å². The van der Waals surface area contributed by atoms with Crippen molar-refractivity contribution in [3.8, 4) is 0 Å². The van der Waals surface area contributed by atoms with Crippen LogP contribution in [0.4, 0.5) is 0 Å². The third kappa shape index (κ3) is 5.30. The zero-order valence-corrected chi connectivity index (χ0v) is 14.8. The molecule has 1 fully saturated rings. The minimum Gasteiger partial charge on any atom is -0.369 e. The highest BCUT2D eigenvalue weighted by molar-refractivity contribution is 5.76. The maximum Gasteiger partial charge on any atom is 0.248 e. The summed E-state index contributed by atoms with van der Waals surface area (Å²) in [7, 11) is 5.40. The van der Waals surface area contributed by atoms with Crippen LogP contribution in [0.1, 0.15) is 19.5 Å². The minimum absolute atomic E-state index is 0.0354. The maximum atomic E-state index is 11.6. The van der Waals surface area contributed by atoms with Gasteiger partial charge in [0.15, 0.2) is 0 Å². The number of hydrogen-bond donors (Lipinski definition) is 0. The quantitative estimate of drug-likeness (QED) is 0.763. The van der Waals surface area contributed by atoms with Gasteiger partial charge in [0, 0.05) is 47.0 Å². The molecule has 1 aliphatic rings. The predicted molar refractivity (Wildman–Crippen MR) is 87.0 cm³/mol. The lowest BCUT2D eigenvalue weighted by molar-refractivity contribution is -0.161. The van der Waals surface area contributed by atoms with E-state index in [-0.39, 0.29) is 24.2 Å². The third-order valence-corrected chi connectivity index (χ3v) is 3.89. The van der Waals surface area contributed by atoms with Gasteiger partial charge in [-0.3, -0.25) is 14.4 Å². The number of carbonyl (C=O) groups excluding carboxylic acids is 1. The summed E-state index contributed by atoms with van der Waals surface area (Å²) in [5, 5.41) is 4.21. The summed E-state index contributed by atoms with van der Waals surface area (Å²) in [5.41, 5.74) is 0.932. The Bertz CT molecular complexity index is 527. The molecule has 0 unspecified atom stereocenters. The fourth-order valence-electron chi connectivity index (χ4n) is 2.82. The number of rotatable bonds is 6. The molecule has 1 aromatic heterocycles. The number of hydrogen-bond acceptors (Lipinski definition) is 5. The van der Waals surface area contributed by atoms with Crippen LogP contribution < -0.4 is 0 Å². The Morgan fingerprint density at radius 2 is 2.26 bits per heavy atom. The van der Waals surface area contributed by atoms with E-state index in [1.807, 2.05) is 24.0 Å². The van der Waals surface area contributed by atoms with Crippen molar-refractivity contribution in [2.24, 2.45) is 7.05 Å². The minimum atomic E-state index is -0.240. The van der Waals surface area contributed by atoms with Crippen molar-refractivity contribution in [3.05, 3.63) is 18.0 Å². The van der Waals surface area contributed by atoms with Crippen LogP contribution >= 0.6 is 0 Å². The average Bonchev–Trinajstić information content (AvgIpc) is 2.82. The molecule has 0 radical (unpaired) electrons. The Hall–Kier alpha value is -1.44. The number of likely N-dealkylation sites (N-methyl/N-ethyl adjacent to an activating group) is 1. The van der Waals surface area contributed by atoms with E-state index in [0.717, 1.165) is 19.6 Å². The Kier molecular flexibility index (Phi) is 5.78. The smallest absolute Gasteiger partial charge is 0.248 e. The first kappa shape index (κ1) is 17.9. The van der Waals surface area contributed by atoms with Gasteiger partial charge in [0.25, 0.3) is 0 Å². The van der Waals surface area contributed by atoms with E-state index in [0.29, 0.717) is 6.61 Å². The van der Waals surface area contributed by atoms with E-state index >= 15 is 0 Å². The van der Waals surface area contributed by atoms with E-state index in [2.05, 4.69) is 23.8 Å². The molecule has 7 heteroatoms. The first-order valence-corrected chi connectivity index (χ1v) is 7.92. The van der Waals surface area contributed by atoms with Gasteiger partial charge in [-0.2, -0.15) is 5.10 Å². The number of aryl methyl sites for hydroxylation is 1. The molecule has 0 spiro atoms. The summed E-state index contributed by atoms with van der Waals surface area (Å²) in [5.74, 6) is -0.0354. The molecule has 1 aromatic rings. The topological polar surface area (TPSA) is 59.8 Å². The summed E-state index contributed by atoms with van der Waals surface area (Å²) in [4.78, 5) is 15.4. The second kappa shape index (κ2) is 7.42. The Balaban J connectivity index is 1.88. The van der Waals surface area contributed by atoms with Crippen LogP contribution in [-0.4, -0.2) is 77.6 Å². The summed E-state index contributed by atoms with van der Waals surface area (Å²) in [6.07, 6.45) is 1.77. The largest absolute Gasteiger partial charge is 0.369 e. The van der Waals surface area contributed by atoms with E-state index in [4.69, 9.17) is 9.47 Å². The molecule has 0 aliphatic carbocycles. The van der Waals surface area contributed by atoms with E-state index in [9.17, 15) is 4.79 Å². The fourth-order valence-corrected chi connectivity index (χ4v) is 2.82. The molecule has 1 aliphatic heterocycles. The summed E-state index contributed by atoms with van der Waals surface area (Å²) in [6.45, 7) is 7.15. The SMILES string of the molecule is CN(C)C(=O)COC[C@H]1CN(Cc2ccnn2C)CC(C)(C)O1. The van der Waals surface area contributed by atoms with Crippen molar-refractivity contribution in [1.82, 2.24) is 19.6 Å². The number of morpholine rings is 1. The van der Waals surface area contributed by atoms with Crippen molar-refractivity contribution in [2.45, 2.75) is 32.1 Å². The molecular weight excluding hydrogens is 296 g/mol. The van der Waals surface area contributed by atoms with Crippen LogP contribution in [0.25, 0.3) is 0 Å². The first-order valence-electron chi connectivity index (χ1n) is 7.92. The van der Waals surface area contributed by atoms with Gasteiger partial charge in [-0.05, 0) is 19.9 Å². The van der Waals surface area contributed by atoms with E-state index < -0.39 is 0 Å². The van der Waals surface area contributed by atoms with Crippen molar-refractivity contribution < 1.29 is 14.3 Å². The molecular formula is C16H28N4O3. The van der Waals surface area contributed by atoms with Gasteiger partial charge < -0.3 is 14.4 Å². The van der Waals surface area contributed by atoms with Crippen LogP contribution in [0.5, 0.6) is 0 Å². The molecule has 2 rings (SSSR count). The highest BCUT2D eigenvalue weighted by Gasteiger charge is 2.33. The van der Waals surface area contributed by atoms with Gasteiger partial charge in [0.05, 0.1) is 24.0 Å². The number of amides is 1. The molecule has 7 nitrogen and oxygen atoms in total. The molecule has 1 saturated heterocycles. The Morgan fingerprint density at radius 1 is 1.52 bits per heavy atom. The van der Waals surface area contributed by atoms with E-state index in [1.165, 1.54) is 10.6 Å². The number of carbonyl (C=O) groups is 1. The predicted octanol–water partition coefficient (Wildman–Crippen LogP) is 0.504. The molecule has 0 bridgehead atoms. The van der Waals surface area contributed by atoms with Crippen molar-refractivity contribution in [1.29, 1.82) is 0 Å². The zero-order chi connectivity index (χ0) is 17.0. The van der Waals surface area contributed by atoms with Gasteiger partial charge in [-0.15, -0.1) is 0 Å². The van der Waals surface area contributed by atoms with Crippen molar-refractivity contribution in [2.75, 3.05) is 40.4 Å². The van der Waals surface area contributed by atoms with Gasteiger partial charge in [-0.25, -0.2) is 0 Å². The first-order chi connectivity index (χ1) is 10.8. The second-order valence-electron chi connectivity index (χ2n) is 6.92.